The first kappa shape index (κ1) is 18.1. The number of amides is 1. The van der Waals surface area contributed by atoms with Gasteiger partial charge in [0.25, 0.3) is 5.91 Å². The van der Waals surface area contributed by atoms with Crippen molar-refractivity contribution < 1.29 is 18.7 Å². The molecular formula is C18H17BrFNO3. The lowest BCUT2D eigenvalue weighted by Crippen LogP contribution is -2.21. The number of hydrogen-bond donors (Lipinski definition) is 1. The summed E-state index contributed by atoms with van der Waals surface area (Å²) in [4.78, 5) is 23.6. The Morgan fingerprint density at radius 1 is 1.17 bits per heavy atom. The molecule has 2 rings (SSSR count). The van der Waals surface area contributed by atoms with Gasteiger partial charge in [-0.2, -0.15) is 0 Å². The number of hydrogen-bond acceptors (Lipinski definition) is 3. The van der Waals surface area contributed by atoms with Crippen molar-refractivity contribution in [2.45, 2.75) is 19.8 Å². The minimum Gasteiger partial charge on any atom is -0.452 e. The highest BCUT2D eigenvalue weighted by atomic mass is 79.9. The highest BCUT2D eigenvalue weighted by Crippen LogP contribution is 2.18. The Balaban J connectivity index is 1.89. The number of halogens is 2. The van der Waals surface area contributed by atoms with E-state index in [2.05, 4.69) is 35.1 Å². The van der Waals surface area contributed by atoms with Gasteiger partial charge in [0.1, 0.15) is 5.82 Å². The molecule has 0 heterocycles. The zero-order valence-corrected chi connectivity index (χ0v) is 14.9. The van der Waals surface area contributed by atoms with Gasteiger partial charge in [0.05, 0.1) is 5.56 Å². The van der Waals surface area contributed by atoms with Crippen LogP contribution in [0, 0.1) is 5.82 Å². The maximum absolute atomic E-state index is 13.6. The molecule has 2 aromatic rings. The number of anilines is 1. The number of benzene rings is 2. The maximum atomic E-state index is 13.6. The molecule has 2 aromatic carbocycles. The van der Waals surface area contributed by atoms with Crippen LogP contribution in [-0.4, -0.2) is 18.5 Å². The van der Waals surface area contributed by atoms with Gasteiger partial charge in [0.2, 0.25) is 0 Å². The number of carbonyl (C=O) groups excluding carboxylic acids is 2. The Bertz CT molecular complexity index is 744. The van der Waals surface area contributed by atoms with E-state index in [1.54, 1.807) is 12.1 Å². The van der Waals surface area contributed by atoms with Gasteiger partial charge < -0.3 is 10.1 Å². The molecule has 0 aliphatic heterocycles. The molecule has 0 spiro atoms. The van der Waals surface area contributed by atoms with Crippen molar-refractivity contribution in [1.29, 1.82) is 0 Å². The first-order valence-electron chi connectivity index (χ1n) is 7.39. The van der Waals surface area contributed by atoms with Crippen molar-refractivity contribution in [3.05, 3.63) is 63.9 Å². The lowest BCUT2D eigenvalue weighted by molar-refractivity contribution is -0.119. The molecule has 1 amide bonds. The normalized spacial score (nSPS) is 10.5. The predicted molar refractivity (Wildman–Crippen MR) is 93.5 cm³/mol. The molecule has 0 atom stereocenters. The molecule has 0 radical (unpaired) electrons. The largest absolute Gasteiger partial charge is 0.452 e. The molecule has 24 heavy (non-hydrogen) atoms. The molecule has 0 aliphatic rings. The minimum atomic E-state index is -0.884. The molecule has 0 bridgehead atoms. The van der Waals surface area contributed by atoms with Gasteiger partial charge in [-0.15, -0.1) is 0 Å². The van der Waals surface area contributed by atoms with Crippen LogP contribution in [0.5, 0.6) is 0 Å². The SMILES string of the molecule is CC(C)c1ccc(NC(=O)COC(=O)c2ccc(Br)cc2F)cc1. The van der Waals surface area contributed by atoms with Crippen LogP contribution in [0.15, 0.2) is 46.9 Å². The van der Waals surface area contributed by atoms with Gasteiger partial charge in [-0.3, -0.25) is 4.79 Å². The van der Waals surface area contributed by atoms with E-state index in [1.807, 2.05) is 12.1 Å². The number of esters is 1. The summed E-state index contributed by atoms with van der Waals surface area (Å²) in [6.07, 6.45) is 0. The standard InChI is InChI=1S/C18H17BrFNO3/c1-11(2)12-3-6-14(7-4-12)21-17(22)10-24-18(23)15-8-5-13(19)9-16(15)20/h3-9,11H,10H2,1-2H3,(H,21,22). The predicted octanol–water partition coefficient (Wildman–Crippen LogP) is 4.51. The summed E-state index contributed by atoms with van der Waals surface area (Å²) in [5.74, 6) is -1.68. The van der Waals surface area contributed by atoms with Crippen LogP contribution in [0.2, 0.25) is 0 Å². The van der Waals surface area contributed by atoms with Crippen LogP contribution in [-0.2, 0) is 9.53 Å². The van der Waals surface area contributed by atoms with Crippen LogP contribution in [0.4, 0.5) is 10.1 Å². The minimum absolute atomic E-state index is 0.215. The van der Waals surface area contributed by atoms with Crippen LogP contribution in [0.1, 0.15) is 35.7 Å². The van der Waals surface area contributed by atoms with Gasteiger partial charge in [-0.25, -0.2) is 9.18 Å². The fourth-order valence-electron chi connectivity index (χ4n) is 2.01. The fourth-order valence-corrected chi connectivity index (χ4v) is 2.35. The lowest BCUT2D eigenvalue weighted by atomic mass is 10.0. The molecule has 0 unspecified atom stereocenters. The van der Waals surface area contributed by atoms with Crippen LogP contribution >= 0.6 is 15.9 Å². The quantitative estimate of drug-likeness (QED) is 0.760. The summed E-state index contributed by atoms with van der Waals surface area (Å²) in [6.45, 7) is 3.67. The average molecular weight is 394 g/mol. The summed E-state index contributed by atoms with van der Waals surface area (Å²) >= 11 is 3.10. The molecule has 1 N–H and O–H groups in total. The highest BCUT2D eigenvalue weighted by molar-refractivity contribution is 9.10. The number of ether oxygens (including phenoxy) is 1. The monoisotopic (exact) mass is 393 g/mol. The van der Waals surface area contributed by atoms with Crippen molar-refractivity contribution in [2.75, 3.05) is 11.9 Å². The molecule has 0 aromatic heterocycles. The zero-order valence-electron chi connectivity index (χ0n) is 13.3. The summed E-state index contributed by atoms with van der Waals surface area (Å²) in [5, 5.41) is 2.62. The molecular weight excluding hydrogens is 377 g/mol. The fraction of sp³-hybridized carbons (Fsp3) is 0.222. The first-order valence-corrected chi connectivity index (χ1v) is 8.18. The smallest absolute Gasteiger partial charge is 0.341 e. The van der Waals surface area contributed by atoms with Crippen molar-refractivity contribution in [1.82, 2.24) is 0 Å². The van der Waals surface area contributed by atoms with E-state index in [9.17, 15) is 14.0 Å². The molecule has 0 aliphatic carbocycles. The van der Waals surface area contributed by atoms with Gasteiger partial charge in [0, 0.05) is 10.2 Å². The Morgan fingerprint density at radius 2 is 1.83 bits per heavy atom. The Kier molecular flexibility index (Phi) is 6.09. The summed E-state index contributed by atoms with van der Waals surface area (Å²) < 4.78 is 19.0. The first-order chi connectivity index (χ1) is 11.4. The third-order valence-electron chi connectivity index (χ3n) is 3.35. The molecule has 4 nitrogen and oxygen atoms in total. The number of carbonyl (C=O) groups is 2. The van der Waals surface area contributed by atoms with Crippen LogP contribution in [0.3, 0.4) is 0 Å². The topological polar surface area (TPSA) is 55.4 Å². The third-order valence-corrected chi connectivity index (χ3v) is 3.84. The van der Waals surface area contributed by atoms with Gasteiger partial charge >= 0.3 is 5.97 Å². The van der Waals surface area contributed by atoms with Crippen LogP contribution < -0.4 is 5.32 Å². The van der Waals surface area contributed by atoms with Gasteiger partial charge in [-0.1, -0.05) is 41.9 Å². The van der Waals surface area contributed by atoms with Crippen molar-refractivity contribution in [2.24, 2.45) is 0 Å². The Morgan fingerprint density at radius 3 is 2.42 bits per heavy atom. The highest BCUT2D eigenvalue weighted by Gasteiger charge is 2.15. The van der Waals surface area contributed by atoms with E-state index in [-0.39, 0.29) is 5.56 Å². The van der Waals surface area contributed by atoms with Gasteiger partial charge in [0.15, 0.2) is 6.61 Å². The summed E-state index contributed by atoms with van der Waals surface area (Å²) in [7, 11) is 0. The van der Waals surface area contributed by atoms with E-state index in [0.29, 0.717) is 16.1 Å². The summed E-state index contributed by atoms with van der Waals surface area (Å²) in [5.41, 5.74) is 1.55. The number of nitrogens with one attached hydrogen (secondary N) is 1. The van der Waals surface area contributed by atoms with Crippen molar-refractivity contribution in [3.63, 3.8) is 0 Å². The second-order valence-corrected chi connectivity index (χ2v) is 6.44. The lowest BCUT2D eigenvalue weighted by Gasteiger charge is -2.09. The van der Waals surface area contributed by atoms with E-state index in [4.69, 9.17) is 4.74 Å². The zero-order chi connectivity index (χ0) is 17.7. The maximum Gasteiger partial charge on any atom is 0.341 e. The summed E-state index contributed by atoms with van der Waals surface area (Å²) in [6, 6.07) is 11.4. The van der Waals surface area contributed by atoms with Crippen molar-refractivity contribution in [3.8, 4) is 0 Å². The van der Waals surface area contributed by atoms with E-state index >= 15 is 0 Å². The third kappa shape index (κ3) is 4.89. The number of rotatable bonds is 5. The molecule has 0 saturated heterocycles. The van der Waals surface area contributed by atoms with E-state index < -0.39 is 24.3 Å². The second kappa shape index (κ2) is 8.06. The van der Waals surface area contributed by atoms with E-state index in [1.165, 1.54) is 12.1 Å². The molecule has 0 saturated carbocycles. The van der Waals surface area contributed by atoms with Crippen molar-refractivity contribution >= 4 is 33.5 Å². The molecule has 126 valence electrons. The van der Waals surface area contributed by atoms with E-state index in [0.717, 1.165) is 11.6 Å². The van der Waals surface area contributed by atoms with Gasteiger partial charge in [-0.05, 0) is 41.8 Å². The average Bonchev–Trinajstić information content (AvgIpc) is 2.53. The Labute approximate surface area is 148 Å². The Hall–Kier alpha value is -2.21. The molecule has 0 fully saturated rings. The second-order valence-electron chi connectivity index (χ2n) is 5.53. The molecule has 6 heteroatoms. The van der Waals surface area contributed by atoms with Crippen LogP contribution in [0.25, 0.3) is 0 Å².